The number of fused-ring (bicyclic) bond motifs is 1. The summed E-state index contributed by atoms with van der Waals surface area (Å²) in [5, 5.41) is 0. The Labute approximate surface area is 121 Å². The van der Waals surface area contributed by atoms with Crippen LogP contribution < -0.4 is 10.9 Å². The van der Waals surface area contributed by atoms with E-state index in [2.05, 4.69) is 27.8 Å². The van der Waals surface area contributed by atoms with Crippen LogP contribution in [-0.2, 0) is 0 Å². The van der Waals surface area contributed by atoms with Crippen LogP contribution in [0.4, 0.5) is 11.4 Å². The van der Waals surface area contributed by atoms with Gasteiger partial charge in [-0.15, -0.1) is 12.4 Å². The highest BCUT2D eigenvalue weighted by Gasteiger charge is 2.09. The van der Waals surface area contributed by atoms with Crippen molar-refractivity contribution in [1.29, 1.82) is 0 Å². The lowest BCUT2D eigenvalue weighted by Gasteiger charge is -2.18. The fourth-order valence-corrected chi connectivity index (χ4v) is 2.08. The van der Waals surface area contributed by atoms with Crippen molar-refractivity contribution >= 4 is 29.6 Å². The molecule has 1 aliphatic heterocycles. The van der Waals surface area contributed by atoms with E-state index in [0.29, 0.717) is 0 Å². The standard InChI is InChI=1S/C14H22N4.ClH/c1-2-3-4-5-6-7-8-14-16-13-11-15-10-9-12(13)17-18-14;/h9-11,17H,2-8H2,1H3,(H,16,18);1H. The van der Waals surface area contributed by atoms with Crippen molar-refractivity contribution in [3.63, 3.8) is 0 Å². The minimum Gasteiger partial charge on any atom is -0.298 e. The van der Waals surface area contributed by atoms with Gasteiger partial charge in [-0.25, -0.2) is 4.99 Å². The van der Waals surface area contributed by atoms with E-state index in [0.717, 1.165) is 23.6 Å². The fraction of sp³-hybridized carbons (Fsp3) is 0.571. The molecule has 0 aliphatic carbocycles. The average Bonchev–Trinajstić information content (AvgIpc) is 2.42. The monoisotopic (exact) mass is 282 g/mol. The fourth-order valence-electron chi connectivity index (χ4n) is 2.08. The number of rotatable bonds is 7. The number of pyridine rings is 1. The van der Waals surface area contributed by atoms with Crippen molar-refractivity contribution in [2.45, 2.75) is 51.9 Å². The molecular formula is C14H23ClN4. The topological polar surface area (TPSA) is 49.3 Å². The summed E-state index contributed by atoms with van der Waals surface area (Å²) in [6.45, 7) is 2.25. The number of hydrazine groups is 1. The number of amidine groups is 1. The van der Waals surface area contributed by atoms with Crippen LogP contribution >= 0.6 is 12.4 Å². The molecule has 0 radical (unpaired) electrons. The molecule has 1 aliphatic rings. The van der Waals surface area contributed by atoms with Crippen molar-refractivity contribution in [2.75, 3.05) is 5.43 Å². The van der Waals surface area contributed by atoms with Crippen LogP contribution in [0, 0.1) is 0 Å². The zero-order chi connectivity index (χ0) is 12.6. The molecule has 0 amide bonds. The lowest BCUT2D eigenvalue weighted by atomic mass is 10.1. The zero-order valence-corrected chi connectivity index (χ0v) is 12.3. The molecule has 0 unspecified atom stereocenters. The molecule has 0 spiro atoms. The second-order valence-electron chi connectivity index (χ2n) is 4.72. The maximum absolute atomic E-state index is 4.56. The summed E-state index contributed by atoms with van der Waals surface area (Å²) in [5.41, 5.74) is 8.23. The van der Waals surface area contributed by atoms with Gasteiger partial charge in [-0.05, 0) is 12.5 Å². The predicted molar refractivity (Wildman–Crippen MR) is 83.3 cm³/mol. The Bertz CT molecular complexity index is 406. The second kappa shape index (κ2) is 8.75. The summed E-state index contributed by atoms with van der Waals surface area (Å²) < 4.78 is 0. The Hall–Kier alpha value is -1.29. The van der Waals surface area contributed by atoms with E-state index in [-0.39, 0.29) is 12.4 Å². The Morgan fingerprint density at radius 3 is 2.68 bits per heavy atom. The molecule has 1 aromatic heterocycles. The Kier molecular flexibility index (Phi) is 7.26. The minimum absolute atomic E-state index is 0. The van der Waals surface area contributed by atoms with Crippen LogP contribution in [0.15, 0.2) is 23.5 Å². The number of nitrogens with one attached hydrogen (secondary N) is 2. The van der Waals surface area contributed by atoms with Gasteiger partial charge in [-0.2, -0.15) is 0 Å². The van der Waals surface area contributed by atoms with Gasteiger partial charge in [0.2, 0.25) is 0 Å². The number of anilines is 1. The van der Waals surface area contributed by atoms with E-state index >= 15 is 0 Å². The van der Waals surface area contributed by atoms with Gasteiger partial charge in [0.25, 0.3) is 0 Å². The lowest BCUT2D eigenvalue weighted by Crippen LogP contribution is -2.31. The number of halogens is 1. The summed E-state index contributed by atoms with van der Waals surface area (Å²) in [7, 11) is 0. The third-order valence-corrected chi connectivity index (χ3v) is 3.16. The highest BCUT2D eigenvalue weighted by molar-refractivity contribution is 5.90. The van der Waals surface area contributed by atoms with E-state index in [1.54, 1.807) is 12.4 Å². The summed E-state index contributed by atoms with van der Waals surface area (Å²) in [5.74, 6) is 1.02. The highest BCUT2D eigenvalue weighted by Crippen LogP contribution is 2.25. The number of nitrogens with zero attached hydrogens (tertiary/aromatic N) is 2. The number of unbranched alkanes of at least 4 members (excludes halogenated alkanes) is 5. The maximum Gasteiger partial charge on any atom is 0.121 e. The SMILES string of the molecule is CCCCCCCCC1=Nc2cnccc2NN1.Cl. The van der Waals surface area contributed by atoms with Gasteiger partial charge in [0.1, 0.15) is 11.5 Å². The average molecular weight is 283 g/mol. The number of hydrogen-bond acceptors (Lipinski definition) is 4. The highest BCUT2D eigenvalue weighted by atomic mass is 35.5. The van der Waals surface area contributed by atoms with E-state index in [1.807, 2.05) is 6.07 Å². The number of aliphatic imine (C=N–C) groups is 1. The quantitative estimate of drug-likeness (QED) is 0.737. The summed E-state index contributed by atoms with van der Waals surface area (Å²) >= 11 is 0. The largest absolute Gasteiger partial charge is 0.298 e. The Morgan fingerprint density at radius 1 is 1.05 bits per heavy atom. The molecule has 2 N–H and O–H groups in total. The van der Waals surface area contributed by atoms with Crippen molar-refractivity contribution in [3.8, 4) is 0 Å². The van der Waals surface area contributed by atoms with Crippen molar-refractivity contribution in [2.24, 2.45) is 4.99 Å². The molecule has 2 heterocycles. The predicted octanol–water partition coefficient (Wildman–Crippen LogP) is 4.21. The lowest BCUT2D eigenvalue weighted by molar-refractivity contribution is 0.613. The Morgan fingerprint density at radius 2 is 1.84 bits per heavy atom. The molecule has 0 saturated carbocycles. The normalized spacial score (nSPS) is 12.6. The van der Waals surface area contributed by atoms with E-state index in [9.17, 15) is 0 Å². The van der Waals surface area contributed by atoms with Crippen molar-refractivity contribution in [1.82, 2.24) is 10.4 Å². The summed E-state index contributed by atoms with van der Waals surface area (Å²) in [6.07, 6.45) is 12.4. The van der Waals surface area contributed by atoms with E-state index in [4.69, 9.17) is 0 Å². The van der Waals surface area contributed by atoms with Gasteiger partial charge in [0.15, 0.2) is 0 Å². The van der Waals surface area contributed by atoms with E-state index < -0.39 is 0 Å². The first-order valence-corrected chi connectivity index (χ1v) is 6.93. The minimum atomic E-state index is 0. The van der Waals surface area contributed by atoms with Gasteiger partial charge >= 0.3 is 0 Å². The van der Waals surface area contributed by atoms with Crippen LogP contribution in [0.5, 0.6) is 0 Å². The first-order chi connectivity index (χ1) is 8.90. The van der Waals surface area contributed by atoms with Crippen molar-refractivity contribution in [3.05, 3.63) is 18.5 Å². The molecule has 2 rings (SSSR count). The van der Waals surface area contributed by atoms with Gasteiger partial charge in [-0.3, -0.25) is 15.8 Å². The van der Waals surface area contributed by atoms with Crippen molar-refractivity contribution < 1.29 is 0 Å². The maximum atomic E-state index is 4.56. The molecule has 0 atom stereocenters. The van der Waals surface area contributed by atoms with Crippen LogP contribution in [-0.4, -0.2) is 10.8 Å². The number of hydrogen-bond donors (Lipinski definition) is 2. The molecule has 0 bridgehead atoms. The molecule has 0 fully saturated rings. The smallest absolute Gasteiger partial charge is 0.121 e. The molecule has 5 heteroatoms. The third kappa shape index (κ3) is 5.07. The van der Waals surface area contributed by atoms with Gasteiger partial charge < -0.3 is 0 Å². The van der Waals surface area contributed by atoms with Crippen LogP contribution in [0.1, 0.15) is 51.9 Å². The molecule has 19 heavy (non-hydrogen) atoms. The Balaban J connectivity index is 0.00000180. The molecule has 0 aromatic carbocycles. The van der Waals surface area contributed by atoms with Crippen LogP contribution in [0.25, 0.3) is 0 Å². The third-order valence-electron chi connectivity index (χ3n) is 3.16. The van der Waals surface area contributed by atoms with Crippen LogP contribution in [0.2, 0.25) is 0 Å². The first-order valence-electron chi connectivity index (χ1n) is 6.93. The second-order valence-corrected chi connectivity index (χ2v) is 4.72. The molecule has 0 saturated heterocycles. The zero-order valence-electron chi connectivity index (χ0n) is 11.5. The number of aromatic nitrogens is 1. The van der Waals surface area contributed by atoms with Gasteiger partial charge in [0, 0.05) is 12.6 Å². The molecule has 1 aromatic rings. The van der Waals surface area contributed by atoms with E-state index in [1.165, 1.54) is 38.5 Å². The summed E-state index contributed by atoms with van der Waals surface area (Å²) in [4.78, 5) is 8.65. The van der Waals surface area contributed by atoms with Gasteiger partial charge in [0.05, 0.1) is 11.9 Å². The van der Waals surface area contributed by atoms with Gasteiger partial charge in [-0.1, -0.05) is 39.0 Å². The molecule has 4 nitrogen and oxygen atoms in total. The molecular weight excluding hydrogens is 260 g/mol. The first kappa shape index (κ1) is 15.8. The molecule has 106 valence electrons. The summed E-state index contributed by atoms with van der Waals surface area (Å²) in [6, 6.07) is 1.92. The van der Waals surface area contributed by atoms with Crippen LogP contribution in [0.3, 0.4) is 0 Å².